The molecule has 0 saturated carbocycles. The van der Waals surface area contributed by atoms with Crippen LogP contribution in [0.4, 0.5) is 8.78 Å². The number of fused-ring (bicyclic) bond motifs is 2. The van der Waals surface area contributed by atoms with Crippen LogP contribution in [0, 0.1) is 25.5 Å². The summed E-state index contributed by atoms with van der Waals surface area (Å²) in [4.78, 5) is 11.7. The SMILES string of the molecule is Cc1ccc(-c2c3cc(F)c(=O)cc-3oc3cc(O)c(F)cc23)c(C)c1. The second kappa shape index (κ2) is 5.66. The first-order chi connectivity index (χ1) is 12.3. The van der Waals surface area contributed by atoms with Crippen LogP contribution in [0.2, 0.25) is 0 Å². The van der Waals surface area contributed by atoms with E-state index in [1.54, 1.807) is 0 Å². The second-order valence-corrected chi connectivity index (χ2v) is 6.37. The number of hydrogen-bond donors (Lipinski definition) is 1. The Morgan fingerprint density at radius 2 is 1.69 bits per heavy atom. The first-order valence-electron chi connectivity index (χ1n) is 8.01. The second-order valence-electron chi connectivity index (χ2n) is 6.37. The van der Waals surface area contributed by atoms with Crippen LogP contribution in [-0.4, -0.2) is 5.11 Å². The van der Waals surface area contributed by atoms with Crippen molar-refractivity contribution in [3.05, 3.63) is 75.4 Å². The van der Waals surface area contributed by atoms with Crippen molar-refractivity contribution < 1.29 is 18.3 Å². The van der Waals surface area contributed by atoms with Crippen molar-refractivity contribution in [1.82, 2.24) is 0 Å². The van der Waals surface area contributed by atoms with Crippen molar-refractivity contribution in [3.63, 3.8) is 0 Å². The molecular formula is C21H14F2O3. The average Bonchev–Trinajstić information content (AvgIpc) is 2.57. The molecule has 1 aliphatic carbocycles. The number of rotatable bonds is 1. The third kappa shape index (κ3) is 2.44. The minimum atomic E-state index is -0.905. The fourth-order valence-corrected chi connectivity index (χ4v) is 3.28. The van der Waals surface area contributed by atoms with Gasteiger partial charge in [-0.2, -0.15) is 0 Å². The summed E-state index contributed by atoms with van der Waals surface area (Å²) in [5.74, 6) is -2.10. The van der Waals surface area contributed by atoms with Gasteiger partial charge in [0.05, 0.1) is 0 Å². The number of halogens is 2. The monoisotopic (exact) mass is 352 g/mol. The van der Waals surface area contributed by atoms with Crippen molar-refractivity contribution in [3.8, 4) is 28.2 Å². The summed E-state index contributed by atoms with van der Waals surface area (Å²) >= 11 is 0. The summed E-state index contributed by atoms with van der Waals surface area (Å²) in [6, 6.07) is 10.2. The van der Waals surface area contributed by atoms with Gasteiger partial charge in [0, 0.05) is 28.6 Å². The maximum atomic E-state index is 14.0. The Labute approximate surface area is 147 Å². The zero-order valence-corrected chi connectivity index (χ0v) is 14.1. The van der Waals surface area contributed by atoms with Crippen LogP contribution in [0.5, 0.6) is 5.75 Å². The van der Waals surface area contributed by atoms with Gasteiger partial charge in [0.25, 0.3) is 0 Å². The van der Waals surface area contributed by atoms with Crippen LogP contribution in [0.1, 0.15) is 11.1 Å². The Balaban J connectivity index is 2.25. The van der Waals surface area contributed by atoms with Crippen LogP contribution in [-0.2, 0) is 0 Å². The highest BCUT2D eigenvalue weighted by atomic mass is 19.1. The highest BCUT2D eigenvalue weighted by Crippen LogP contribution is 2.42. The summed E-state index contributed by atoms with van der Waals surface area (Å²) in [6.07, 6.45) is 0. The molecule has 0 fully saturated rings. The molecule has 1 aliphatic heterocycles. The smallest absolute Gasteiger partial charge is 0.217 e. The van der Waals surface area contributed by atoms with E-state index in [4.69, 9.17) is 4.42 Å². The summed E-state index contributed by atoms with van der Waals surface area (Å²) in [5.41, 5.74) is 3.07. The third-order valence-electron chi connectivity index (χ3n) is 4.49. The van der Waals surface area contributed by atoms with E-state index in [0.717, 1.165) is 41.0 Å². The fraction of sp³-hybridized carbons (Fsp3) is 0.0952. The summed E-state index contributed by atoms with van der Waals surface area (Å²) in [6.45, 7) is 3.85. The molecule has 0 saturated heterocycles. The maximum Gasteiger partial charge on any atom is 0.217 e. The number of phenols is 1. The molecule has 1 N–H and O–H groups in total. The van der Waals surface area contributed by atoms with E-state index in [1.807, 2.05) is 32.0 Å². The highest BCUT2D eigenvalue weighted by molar-refractivity contribution is 6.02. The molecule has 130 valence electrons. The van der Waals surface area contributed by atoms with Crippen LogP contribution in [0.3, 0.4) is 0 Å². The van der Waals surface area contributed by atoms with Gasteiger partial charge >= 0.3 is 0 Å². The Morgan fingerprint density at radius 1 is 0.923 bits per heavy atom. The minimum absolute atomic E-state index is 0.171. The molecule has 0 unspecified atom stereocenters. The third-order valence-corrected chi connectivity index (χ3v) is 4.49. The lowest BCUT2D eigenvalue weighted by molar-refractivity contribution is 0.432. The topological polar surface area (TPSA) is 50.4 Å². The van der Waals surface area contributed by atoms with Gasteiger partial charge < -0.3 is 9.52 Å². The molecule has 0 amide bonds. The van der Waals surface area contributed by atoms with Gasteiger partial charge in [0.2, 0.25) is 5.43 Å². The lowest BCUT2D eigenvalue weighted by atomic mass is 9.90. The van der Waals surface area contributed by atoms with Crippen molar-refractivity contribution in [2.75, 3.05) is 0 Å². The first-order valence-corrected chi connectivity index (χ1v) is 8.01. The Hall–Kier alpha value is -3.21. The standard InChI is InChI=1S/C21H14F2O3/c1-10-3-4-12(11(2)5-10)21-13-6-15(22)17(24)8-19(13)26-20-9-18(25)16(23)7-14(20)21/h3-9,24H,1-2H3. The number of benzene rings is 3. The molecule has 2 aliphatic rings. The summed E-state index contributed by atoms with van der Waals surface area (Å²) in [5, 5.41) is 10.1. The predicted octanol–water partition coefficient (Wildman–Crippen LogP) is 5.17. The van der Waals surface area contributed by atoms with Crippen LogP contribution in [0.15, 0.2) is 51.7 Å². The van der Waals surface area contributed by atoms with Gasteiger partial charge in [-0.25, -0.2) is 8.78 Å². The van der Waals surface area contributed by atoms with Gasteiger partial charge in [-0.05, 0) is 37.1 Å². The van der Waals surface area contributed by atoms with Crippen LogP contribution < -0.4 is 5.43 Å². The van der Waals surface area contributed by atoms with Crippen molar-refractivity contribution in [1.29, 1.82) is 0 Å². The number of aryl methyl sites for hydroxylation is 2. The van der Waals surface area contributed by atoms with E-state index >= 15 is 0 Å². The van der Waals surface area contributed by atoms with Crippen molar-refractivity contribution >= 4 is 11.0 Å². The quantitative estimate of drug-likeness (QED) is 0.481. The lowest BCUT2D eigenvalue weighted by Crippen LogP contribution is -2.06. The van der Waals surface area contributed by atoms with Crippen LogP contribution in [0.25, 0.3) is 33.4 Å². The zero-order chi connectivity index (χ0) is 18.6. The van der Waals surface area contributed by atoms with Gasteiger partial charge in [-0.15, -0.1) is 0 Å². The predicted molar refractivity (Wildman–Crippen MR) is 95.6 cm³/mol. The van der Waals surface area contributed by atoms with Crippen molar-refractivity contribution in [2.24, 2.45) is 0 Å². The Kier molecular flexibility index (Phi) is 3.54. The number of aromatic hydroxyl groups is 1. The van der Waals surface area contributed by atoms with E-state index in [-0.39, 0.29) is 11.3 Å². The normalized spacial score (nSPS) is 11.4. The van der Waals surface area contributed by atoms with E-state index in [1.165, 1.54) is 0 Å². The fourth-order valence-electron chi connectivity index (χ4n) is 3.28. The van der Waals surface area contributed by atoms with E-state index in [9.17, 15) is 18.7 Å². The van der Waals surface area contributed by atoms with Crippen LogP contribution >= 0.6 is 0 Å². The molecular weight excluding hydrogens is 338 g/mol. The summed E-state index contributed by atoms with van der Waals surface area (Å²) in [7, 11) is 0. The van der Waals surface area contributed by atoms with E-state index < -0.39 is 22.8 Å². The van der Waals surface area contributed by atoms with Crippen molar-refractivity contribution in [2.45, 2.75) is 13.8 Å². The molecule has 2 aromatic carbocycles. The molecule has 0 atom stereocenters. The molecule has 4 rings (SSSR count). The summed E-state index contributed by atoms with van der Waals surface area (Å²) < 4.78 is 33.7. The maximum absolute atomic E-state index is 14.0. The molecule has 0 aromatic heterocycles. The largest absolute Gasteiger partial charge is 0.505 e. The molecule has 0 spiro atoms. The number of hydrogen-bond acceptors (Lipinski definition) is 3. The van der Waals surface area contributed by atoms with E-state index in [0.29, 0.717) is 16.5 Å². The Bertz CT molecular complexity index is 1210. The molecule has 2 aromatic rings. The highest BCUT2D eigenvalue weighted by Gasteiger charge is 2.21. The molecule has 26 heavy (non-hydrogen) atoms. The molecule has 1 heterocycles. The van der Waals surface area contributed by atoms with E-state index in [2.05, 4.69) is 0 Å². The zero-order valence-electron chi connectivity index (χ0n) is 14.1. The number of phenolic OH excluding ortho intramolecular Hbond substituents is 1. The van der Waals surface area contributed by atoms with Gasteiger partial charge in [-0.3, -0.25) is 4.79 Å². The minimum Gasteiger partial charge on any atom is -0.505 e. The average molecular weight is 352 g/mol. The molecule has 5 heteroatoms. The molecule has 3 nitrogen and oxygen atoms in total. The van der Waals surface area contributed by atoms with Gasteiger partial charge in [0.1, 0.15) is 11.3 Å². The molecule has 0 bridgehead atoms. The lowest BCUT2D eigenvalue weighted by Gasteiger charge is -2.17. The van der Waals surface area contributed by atoms with Gasteiger partial charge in [0.15, 0.2) is 17.4 Å². The Morgan fingerprint density at radius 3 is 2.42 bits per heavy atom. The van der Waals surface area contributed by atoms with Gasteiger partial charge in [-0.1, -0.05) is 23.8 Å². The molecule has 0 radical (unpaired) electrons. The first kappa shape index (κ1) is 16.3.